The number of methoxy groups -OCH3 is 1. The van der Waals surface area contributed by atoms with Gasteiger partial charge in [-0.2, -0.15) is 0 Å². The van der Waals surface area contributed by atoms with Crippen LogP contribution in [-0.2, 0) is 15.0 Å². The van der Waals surface area contributed by atoms with Crippen LogP contribution in [0, 0.1) is 5.92 Å². The second-order valence-corrected chi connectivity index (χ2v) is 9.50. The zero-order valence-electron chi connectivity index (χ0n) is 20.7. The van der Waals surface area contributed by atoms with Gasteiger partial charge in [0.2, 0.25) is 11.8 Å². The summed E-state index contributed by atoms with van der Waals surface area (Å²) in [6.45, 7) is 9.49. The molecule has 0 aromatic heterocycles. The minimum atomic E-state index is -0.666. The number of amides is 3. The second-order valence-electron chi connectivity index (χ2n) is 9.50. The molecular weight excluding hydrogens is 430 g/mol. The molecule has 0 radical (unpaired) electrons. The van der Waals surface area contributed by atoms with E-state index in [2.05, 4.69) is 5.32 Å². The van der Waals surface area contributed by atoms with E-state index in [-0.39, 0.29) is 23.6 Å². The molecule has 2 aromatic rings. The molecule has 7 nitrogen and oxygen atoms in total. The molecule has 7 heteroatoms. The van der Waals surface area contributed by atoms with E-state index < -0.39 is 11.5 Å². The number of piperazine rings is 1. The van der Waals surface area contributed by atoms with Crippen molar-refractivity contribution in [1.29, 1.82) is 0 Å². The van der Waals surface area contributed by atoms with Crippen molar-refractivity contribution in [2.24, 2.45) is 5.92 Å². The molecule has 1 heterocycles. The molecule has 0 bridgehead atoms. The number of para-hydroxylation sites is 1. The number of nitrogens with zero attached hydrogens (tertiary/aromatic N) is 2. The fraction of sp³-hybridized carbons (Fsp3) is 0.444. The minimum Gasteiger partial charge on any atom is -0.496 e. The van der Waals surface area contributed by atoms with Crippen LogP contribution < -0.4 is 10.1 Å². The van der Waals surface area contributed by atoms with E-state index >= 15 is 0 Å². The van der Waals surface area contributed by atoms with Crippen LogP contribution in [0.25, 0.3) is 0 Å². The molecule has 1 N–H and O–H groups in total. The summed E-state index contributed by atoms with van der Waals surface area (Å²) in [5.41, 5.74) is 0.718. The molecule has 1 fully saturated rings. The van der Waals surface area contributed by atoms with Crippen molar-refractivity contribution in [1.82, 2.24) is 15.1 Å². The molecule has 0 aliphatic carbocycles. The van der Waals surface area contributed by atoms with Crippen molar-refractivity contribution in [2.75, 3.05) is 33.3 Å². The van der Waals surface area contributed by atoms with Gasteiger partial charge in [-0.05, 0) is 37.5 Å². The van der Waals surface area contributed by atoms with E-state index in [1.165, 1.54) is 7.11 Å². The number of nitrogens with one attached hydrogen (secondary N) is 1. The zero-order chi connectivity index (χ0) is 24.9. The van der Waals surface area contributed by atoms with Gasteiger partial charge in [-0.3, -0.25) is 14.4 Å². The Balaban J connectivity index is 1.64. The Morgan fingerprint density at radius 3 is 2.03 bits per heavy atom. The van der Waals surface area contributed by atoms with Gasteiger partial charge in [-0.1, -0.05) is 56.3 Å². The lowest BCUT2D eigenvalue weighted by Gasteiger charge is -2.40. The van der Waals surface area contributed by atoms with E-state index in [9.17, 15) is 14.4 Å². The summed E-state index contributed by atoms with van der Waals surface area (Å²) in [4.78, 5) is 43.1. The molecule has 1 unspecified atom stereocenters. The first-order valence-electron chi connectivity index (χ1n) is 11.7. The molecule has 0 saturated carbocycles. The van der Waals surface area contributed by atoms with Gasteiger partial charge < -0.3 is 19.9 Å². The number of rotatable bonds is 7. The first kappa shape index (κ1) is 25.3. The molecule has 1 aliphatic heterocycles. The Labute approximate surface area is 202 Å². The average Bonchev–Trinajstić information content (AvgIpc) is 2.86. The third-order valence-electron chi connectivity index (χ3n) is 6.48. The number of hydrogen-bond acceptors (Lipinski definition) is 4. The monoisotopic (exact) mass is 465 g/mol. The number of carbonyl (C=O) groups excluding carboxylic acids is 3. The standard InChI is InChI=1S/C27H35N3O4/c1-19(2)23(28-24(31)21-13-9-10-14-22(21)34-5)25(32)29-15-17-30(18-16-29)26(33)27(3,4)20-11-7-6-8-12-20/h6-14,19,23H,15-18H2,1-5H3,(H,28,31). The lowest BCUT2D eigenvalue weighted by Crippen LogP contribution is -2.58. The van der Waals surface area contributed by atoms with Crippen LogP contribution in [0.5, 0.6) is 5.75 Å². The lowest BCUT2D eigenvalue weighted by atomic mass is 9.83. The van der Waals surface area contributed by atoms with E-state index in [0.717, 1.165) is 5.56 Å². The Hall–Kier alpha value is -3.35. The minimum absolute atomic E-state index is 0.0516. The van der Waals surface area contributed by atoms with Gasteiger partial charge in [0.25, 0.3) is 5.91 Å². The van der Waals surface area contributed by atoms with Crippen LogP contribution >= 0.6 is 0 Å². The lowest BCUT2D eigenvalue weighted by molar-refractivity contribution is -0.143. The van der Waals surface area contributed by atoms with Crippen LogP contribution in [0.15, 0.2) is 54.6 Å². The smallest absolute Gasteiger partial charge is 0.255 e. The molecule has 3 rings (SSSR count). The molecule has 1 atom stereocenters. The topological polar surface area (TPSA) is 79.0 Å². The van der Waals surface area contributed by atoms with Gasteiger partial charge in [-0.15, -0.1) is 0 Å². The molecule has 34 heavy (non-hydrogen) atoms. The summed E-state index contributed by atoms with van der Waals surface area (Å²) in [6, 6.07) is 16.0. The normalized spacial score (nSPS) is 15.1. The van der Waals surface area contributed by atoms with Crippen molar-refractivity contribution in [3.8, 4) is 5.75 Å². The van der Waals surface area contributed by atoms with Gasteiger partial charge in [0, 0.05) is 26.2 Å². The largest absolute Gasteiger partial charge is 0.496 e. The summed E-state index contributed by atoms with van der Waals surface area (Å²) in [5, 5.41) is 2.89. The maximum atomic E-state index is 13.3. The van der Waals surface area contributed by atoms with Crippen molar-refractivity contribution < 1.29 is 19.1 Å². The van der Waals surface area contributed by atoms with Crippen LogP contribution in [0.1, 0.15) is 43.6 Å². The van der Waals surface area contributed by atoms with Crippen LogP contribution in [0.3, 0.4) is 0 Å². The quantitative estimate of drug-likeness (QED) is 0.682. The van der Waals surface area contributed by atoms with Gasteiger partial charge in [0.05, 0.1) is 18.1 Å². The molecule has 3 amide bonds. The SMILES string of the molecule is COc1ccccc1C(=O)NC(C(=O)N1CCN(C(=O)C(C)(C)c2ccccc2)CC1)C(C)C. The van der Waals surface area contributed by atoms with E-state index in [1.54, 1.807) is 29.2 Å². The van der Waals surface area contributed by atoms with Crippen molar-refractivity contribution >= 4 is 17.7 Å². The van der Waals surface area contributed by atoms with Crippen molar-refractivity contribution in [3.05, 3.63) is 65.7 Å². The maximum Gasteiger partial charge on any atom is 0.255 e. The third kappa shape index (κ3) is 5.41. The number of carbonyl (C=O) groups is 3. The highest BCUT2D eigenvalue weighted by Crippen LogP contribution is 2.26. The summed E-state index contributed by atoms with van der Waals surface area (Å²) in [7, 11) is 1.51. The van der Waals surface area contributed by atoms with Gasteiger partial charge in [0.15, 0.2) is 0 Å². The van der Waals surface area contributed by atoms with Crippen LogP contribution in [-0.4, -0.2) is 66.9 Å². The molecule has 1 aliphatic rings. The predicted molar refractivity (Wildman–Crippen MR) is 132 cm³/mol. The molecule has 0 spiro atoms. The van der Waals surface area contributed by atoms with E-state index in [1.807, 2.05) is 62.9 Å². The second kappa shape index (κ2) is 10.7. The first-order valence-corrected chi connectivity index (χ1v) is 11.7. The maximum absolute atomic E-state index is 13.3. The molecule has 182 valence electrons. The van der Waals surface area contributed by atoms with Crippen molar-refractivity contribution in [3.63, 3.8) is 0 Å². The highest BCUT2D eigenvalue weighted by atomic mass is 16.5. The summed E-state index contributed by atoms with van der Waals surface area (Å²) < 4.78 is 5.29. The summed E-state index contributed by atoms with van der Waals surface area (Å²) >= 11 is 0. The van der Waals surface area contributed by atoms with Crippen LogP contribution in [0.2, 0.25) is 0 Å². The van der Waals surface area contributed by atoms with Gasteiger partial charge in [-0.25, -0.2) is 0 Å². The predicted octanol–water partition coefficient (Wildman–Crippen LogP) is 3.10. The Morgan fingerprint density at radius 2 is 1.44 bits per heavy atom. The molecular formula is C27H35N3O4. The zero-order valence-corrected chi connectivity index (χ0v) is 20.7. The number of ether oxygens (including phenoxy) is 1. The van der Waals surface area contributed by atoms with Gasteiger partial charge >= 0.3 is 0 Å². The van der Waals surface area contributed by atoms with Gasteiger partial charge in [0.1, 0.15) is 11.8 Å². The Morgan fingerprint density at radius 1 is 0.882 bits per heavy atom. The highest BCUT2D eigenvalue weighted by Gasteiger charge is 2.37. The first-order chi connectivity index (χ1) is 16.2. The van der Waals surface area contributed by atoms with E-state index in [0.29, 0.717) is 37.5 Å². The number of benzene rings is 2. The highest BCUT2D eigenvalue weighted by molar-refractivity contribution is 5.99. The molecule has 1 saturated heterocycles. The Kier molecular flexibility index (Phi) is 7.97. The third-order valence-corrected chi connectivity index (χ3v) is 6.48. The van der Waals surface area contributed by atoms with E-state index in [4.69, 9.17) is 4.74 Å². The summed E-state index contributed by atoms with van der Waals surface area (Å²) in [5.74, 6) is -0.0581. The molecule has 2 aromatic carbocycles. The Bertz CT molecular complexity index is 1010. The summed E-state index contributed by atoms with van der Waals surface area (Å²) in [6.07, 6.45) is 0. The average molecular weight is 466 g/mol. The van der Waals surface area contributed by atoms with Crippen molar-refractivity contribution in [2.45, 2.75) is 39.2 Å². The number of hydrogen-bond donors (Lipinski definition) is 1. The van der Waals surface area contributed by atoms with Crippen LogP contribution in [0.4, 0.5) is 0 Å². The fourth-order valence-electron chi connectivity index (χ4n) is 4.26. The fourth-order valence-corrected chi connectivity index (χ4v) is 4.26.